The summed E-state index contributed by atoms with van der Waals surface area (Å²) < 4.78 is 1.13. The van der Waals surface area contributed by atoms with E-state index in [2.05, 4.69) is 50.0 Å². The van der Waals surface area contributed by atoms with Gasteiger partial charge in [0.15, 0.2) is 0 Å². The normalized spacial score (nSPS) is 23.5. The van der Waals surface area contributed by atoms with Crippen LogP contribution in [0.15, 0.2) is 28.7 Å². The highest BCUT2D eigenvalue weighted by Crippen LogP contribution is 2.23. The Morgan fingerprint density at radius 3 is 2.61 bits per heavy atom. The Balaban J connectivity index is 1.57. The summed E-state index contributed by atoms with van der Waals surface area (Å²) in [5, 5.41) is 0. The Kier molecular flexibility index (Phi) is 6.12. The third kappa shape index (κ3) is 4.80. The highest BCUT2D eigenvalue weighted by molar-refractivity contribution is 9.10. The van der Waals surface area contributed by atoms with Gasteiger partial charge in [0.1, 0.15) is 0 Å². The first kappa shape index (κ1) is 17.0. The zero-order chi connectivity index (χ0) is 16.1. The zero-order valence-corrected chi connectivity index (χ0v) is 15.4. The summed E-state index contributed by atoms with van der Waals surface area (Å²) in [6.07, 6.45) is 7.12. The predicted octanol–water partition coefficient (Wildman–Crippen LogP) is 4.06. The number of carbonyl (C=O) groups excluding carboxylic acids is 1. The third-order valence-corrected chi connectivity index (χ3v) is 5.56. The molecule has 0 spiro atoms. The minimum absolute atomic E-state index is 0.203. The SMILES string of the molecule is O=C([C@@H]1CCCN(Cc2cccc(Br)c2)C1)N1CCCCCC1. The number of likely N-dealkylation sites (tertiary alicyclic amines) is 2. The van der Waals surface area contributed by atoms with E-state index in [1.54, 1.807) is 0 Å². The maximum absolute atomic E-state index is 12.8. The molecule has 0 bridgehead atoms. The summed E-state index contributed by atoms with van der Waals surface area (Å²) in [4.78, 5) is 17.4. The number of rotatable bonds is 3. The van der Waals surface area contributed by atoms with Crippen LogP contribution in [0.1, 0.15) is 44.1 Å². The minimum atomic E-state index is 0.203. The Hall–Kier alpha value is -0.870. The van der Waals surface area contributed by atoms with E-state index in [-0.39, 0.29) is 5.92 Å². The van der Waals surface area contributed by atoms with Crippen LogP contribution in [0.2, 0.25) is 0 Å². The second-order valence-electron chi connectivity index (χ2n) is 6.94. The summed E-state index contributed by atoms with van der Waals surface area (Å²) in [6.45, 7) is 4.92. The molecule has 0 radical (unpaired) electrons. The summed E-state index contributed by atoms with van der Waals surface area (Å²) in [5.74, 6) is 0.611. The smallest absolute Gasteiger partial charge is 0.226 e. The molecule has 0 unspecified atom stereocenters. The van der Waals surface area contributed by atoms with E-state index in [0.29, 0.717) is 5.91 Å². The lowest BCUT2D eigenvalue weighted by molar-refractivity contribution is -0.137. The first-order valence-corrected chi connectivity index (χ1v) is 9.77. The number of nitrogens with zero attached hydrogens (tertiary/aromatic N) is 2. The van der Waals surface area contributed by atoms with Crippen molar-refractivity contribution in [3.63, 3.8) is 0 Å². The maximum atomic E-state index is 12.8. The molecule has 2 aliphatic heterocycles. The van der Waals surface area contributed by atoms with Crippen molar-refractivity contribution in [2.45, 2.75) is 45.1 Å². The van der Waals surface area contributed by atoms with Crippen molar-refractivity contribution < 1.29 is 4.79 Å². The molecule has 2 heterocycles. The Bertz CT molecular complexity index is 526. The fourth-order valence-corrected chi connectivity index (χ4v) is 4.29. The summed E-state index contributed by atoms with van der Waals surface area (Å²) >= 11 is 3.54. The predicted molar refractivity (Wildman–Crippen MR) is 97.2 cm³/mol. The molecule has 1 atom stereocenters. The number of amides is 1. The zero-order valence-electron chi connectivity index (χ0n) is 13.8. The monoisotopic (exact) mass is 378 g/mol. The molecule has 2 fully saturated rings. The van der Waals surface area contributed by atoms with Gasteiger partial charge in [-0.25, -0.2) is 0 Å². The molecule has 126 valence electrons. The highest BCUT2D eigenvalue weighted by atomic mass is 79.9. The van der Waals surface area contributed by atoms with E-state index in [4.69, 9.17) is 0 Å². The van der Waals surface area contributed by atoms with Gasteiger partial charge < -0.3 is 4.90 Å². The molecule has 0 saturated carbocycles. The van der Waals surface area contributed by atoms with Gasteiger partial charge in [-0.3, -0.25) is 9.69 Å². The average molecular weight is 379 g/mol. The Morgan fingerprint density at radius 2 is 1.87 bits per heavy atom. The topological polar surface area (TPSA) is 23.6 Å². The van der Waals surface area contributed by atoms with Crippen LogP contribution in [0.5, 0.6) is 0 Å². The van der Waals surface area contributed by atoms with Crippen LogP contribution >= 0.6 is 15.9 Å². The molecule has 0 N–H and O–H groups in total. The largest absolute Gasteiger partial charge is 0.342 e. The van der Waals surface area contributed by atoms with Crippen molar-refractivity contribution in [1.82, 2.24) is 9.80 Å². The van der Waals surface area contributed by atoms with Crippen molar-refractivity contribution in [3.8, 4) is 0 Å². The van der Waals surface area contributed by atoms with Crippen molar-refractivity contribution in [3.05, 3.63) is 34.3 Å². The fourth-order valence-electron chi connectivity index (χ4n) is 3.84. The van der Waals surface area contributed by atoms with E-state index in [9.17, 15) is 4.79 Å². The van der Waals surface area contributed by atoms with Crippen molar-refractivity contribution in [2.24, 2.45) is 5.92 Å². The van der Waals surface area contributed by atoms with Gasteiger partial charge in [-0.05, 0) is 49.9 Å². The van der Waals surface area contributed by atoms with E-state index >= 15 is 0 Å². The number of piperidine rings is 1. The van der Waals surface area contributed by atoms with Crippen LogP contribution in [0.3, 0.4) is 0 Å². The maximum Gasteiger partial charge on any atom is 0.226 e. The van der Waals surface area contributed by atoms with Crippen molar-refractivity contribution in [2.75, 3.05) is 26.2 Å². The van der Waals surface area contributed by atoms with Gasteiger partial charge in [-0.2, -0.15) is 0 Å². The van der Waals surface area contributed by atoms with Crippen LogP contribution in [-0.4, -0.2) is 41.9 Å². The van der Waals surface area contributed by atoms with Gasteiger partial charge in [0.2, 0.25) is 5.91 Å². The van der Waals surface area contributed by atoms with Crippen LogP contribution < -0.4 is 0 Å². The minimum Gasteiger partial charge on any atom is -0.342 e. The Labute approximate surface area is 148 Å². The molecule has 0 aliphatic carbocycles. The molecule has 23 heavy (non-hydrogen) atoms. The number of hydrogen-bond donors (Lipinski definition) is 0. The lowest BCUT2D eigenvalue weighted by Gasteiger charge is -2.34. The highest BCUT2D eigenvalue weighted by Gasteiger charge is 2.29. The molecule has 3 rings (SSSR count). The molecular weight excluding hydrogens is 352 g/mol. The number of hydrogen-bond acceptors (Lipinski definition) is 2. The van der Waals surface area contributed by atoms with Crippen molar-refractivity contribution >= 4 is 21.8 Å². The summed E-state index contributed by atoms with van der Waals surface area (Å²) in [6, 6.07) is 8.50. The number of benzene rings is 1. The van der Waals surface area contributed by atoms with Gasteiger partial charge >= 0.3 is 0 Å². The van der Waals surface area contributed by atoms with Gasteiger partial charge in [0.25, 0.3) is 0 Å². The van der Waals surface area contributed by atoms with E-state index in [1.807, 2.05) is 0 Å². The van der Waals surface area contributed by atoms with E-state index in [1.165, 1.54) is 31.2 Å². The van der Waals surface area contributed by atoms with Gasteiger partial charge in [-0.15, -0.1) is 0 Å². The molecule has 0 aromatic heterocycles. The van der Waals surface area contributed by atoms with Gasteiger partial charge in [0.05, 0.1) is 5.92 Å². The van der Waals surface area contributed by atoms with Crippen LogP contribution in [0.25, 0.3) is 0 Å². The van der Waals surface area contributed by atoms with Gasteiger partial charge in [0, 0.05) is 30.7 Å². The second-order valence-corrected chi connectivity index (χ2v) is 7.86. The quantitative estimate of drug-likeness (QED) is 0.791. The van der Waals surface area contributed by atoms with Gasteiger partial charge in [-0.1, -0.05) is 40.9 Å². The molecule has 4 heteroatoms. The molecule has 1 aromatic rings. The molecular formula is C19H27BrN2O. The Morgan fingerprint density at radius 1 is 1.09 bits per heavy atom. The number of halogens is 1. The molecule has 2 aliphatic rings. The summed E-state index contributed by atoms with van der Waals surface area (Å²) in [7, 11) is 0. The average Bonchev–Trinajstić information content (AvgIpc) is 2.84. The van der Waals surface area contributed by atoms with Crippen molar-refractivity contribution in [1.29, 1.82) is 0 Å². The molecule has 2 saturated heterocycles. The molecule has 3 nitrogen and oxygen atoms in total. The van der Waals surface area contributed by atoms with Crippen LogP contribution in [0, 0.1) is 5.92 Å². The lowest BCUT2D eigenvalue weighted by atomic mass is 9.96. The first-order valence-electron chi connectivity index (χ1n) is 8.98. The number of carbonyl (C=O) groups is 1. The fraction of sp³-hybridized carbons (Fsp3) is 0.632. The van der Waals surface area contributed by atoms with E-state index in [0.717, 1.165) is 50.0 Å². The first-order chi connectivity index (χ1) is 11.2. The second kappa shape index (κ2) is 8.29. The van der Waals surface area contributed by atoms with Crippen LogP contribution in [0.4, 0.5) is 0 Å². The third-order valence-electron chi connectivity index (χ3n) is 5.07. The standard InChI is InChI=1S/C19H27BrN2O/c20-18-9-5-7-16(13-18)14-21-10-6-8-17(15-21)19(23)22-11-3-1-2-4-12-22/h5,7,9,13,17H,1-4,6,8,10-12,14-15H2/t17-/m1/s1. The molecule has 1 amide bonds. The van der Waals surface area contributed by atoms with E-state index < -0.39 is 0 Å². The molecule has 1 aromatic carbocycles. The lowest BCUT2D eigenvalue weighted by Crippen LogP contribution is -2.44. The summed E-state index contributed by atoms with van der Waals surface area (Å²) in [5.41, 5.74) is 1.32. The van der Waals surface area contributed by atoms with Crippen LogP contribution in [-0.2, 0) is 11.3 Å².